The van der Waals surface area contributed by atoms with Crippen molar-refractivity contribution in [2.45, 2.75) is 45.1 Å². The molecule has 2 N–H and O–H groups in total. The van der Waals surface area contributed by atoms with Crippen LogP contribution < -0.4 is 5.32 Å². The average molecular weight is 372 g/mol. The molecule has 2 aromatic rings. The van der Waals surface area contributed by atoms with Gasteiger partial charge >= 0.3 is 0 Å². The second-order valence-electron chi connectivity index (χ2n) is 7.26. The van der Waals surface area contributed by atoms with E-state index in [1.54, 1.807) is 0 Å². The van der Waals surface area contributed by atoms with Gasteiger partial charge in [0.2, 0.25) is 5.91 Å². The normalized spacial score (nSPS) is 17.4. The number of hydrogen-bond donors (Lipinski definition) is 2. The average Bonchev–Trinajstić information content (AvgIpc) is 3.03. The number of carbonyl (C=O) groups is 1. The zero-order valence-corrected chi connectivity index (χ0v) is 16.0. The lowest BCUT2D eigenvalue weighted by Crippen LogP contribution is -2.47. The SMILES string of the molecule is Cc1noc(C)c1CCC(=O)NCC(O)(c1ccccc1)C1CCOCC1. The highest BCUT2D eigenvalue weighted by Gasteiger charge is 2.39. The van der Waals surface area contributed by atoms with E-state index < -0.39 is 5.60 Å². The lowest BCUT2D eigenvalue weighted by atomic mass is 9.77. The molecule has 0 aliphatic carbocycles. The Kier molecular flexibility index (Phi) is 6.29. The first-order valence-corrected chi connectivity index (χ1v) is 9.55. The number of ether oxygens (including phenoxy) is 1. The van der Waals surface area contributed by atoms with Crippen LogP contribution in [0.4, 0.5) is 0 Å². The van der Waals surface area contributed by atoms with Gasteiger partial charge in [-0.05, 0) is 44.6 Å². The van der Waals surface area contributed by atoms with E-state index in [0.717, 1.165) is 35.4 Å². The summed E-state index contributed by atoms with van der Waals surface area (Å²) in [5, 5.41) is 18.4. The molecule has 1 unspecified atom stereocenters. The predicted octanol–water partition coefficient (Wildman–Crippen LogP) is 2.65. The fourth-order valence-corrected chi connectivity index (χ4v) is 3.80. The van der Waals surface area contributed by atoms with Crippen molar-refractivity contribution < 1.29 is 19.2 Å². The number of rotatable bonds is 7. The van der Waals surface area contributed by atoms with E-state index in [-0.39, 0.29) is 18.4 Å². The molecule has 27 heavy (non-hydrogen) atoms. The molecular formula is C21H28N2O4. The van der Waals surface area contributed by atoms with Crippen molar-refractivity contribution in [3.05, 3.63) is 52.9 Å². The van der Waals surface area contributed by atoms with Gasteiger partial charge in [-0.15, -0.1) is 0 Å². The summed E-state index contributed by atoms with van der Waals surface area (Å²) in [7, 11) is 0. The van der Waals surface area contributed by atoms with E-state index >= 15 is 0 Å². The number of aliphatic hydroxyl groups is 1. The standard InChI is InChI=1S/C21H28N2O4/c1-15-19(16(2)27-23-15)8-9-20(24)22-14-21(25,17-6-4-3-5-7-17)18-10-12-26-13-11-18/h3-7,18,25H,8-14H2,1-2H3,(H,22,24). The summed E-state index contributed by atoms with van der Waals surface area (Å²) in [6.45, 7) is 5.21. The largest absolute Gasteiger partial charge is 0.383 e. The molecule has 6 heteroatoms. The van der Waals surface area contributed by atoms with Crippen molar-refractivity contribution in [1.82, 2.24) is 10.5 Å². The quantitative estimate of drug-likeness (QED) is 0.781. The van der Waals surface area contributed by atoms with Crippen LogP contribution in [0.15, 0.2) is 34.9 Å². The number of benzene rings is 1. The fourth-order valence-electron chi connectivity index (χ4n) is 3.80. The summed E-state index contributed by atoms with van der Waals surface area (Å²) in [5.41, 5.74) is 1.54. The summed E-state index contributed by atoms with van der Waals surface area (Å²) in [6, 6.07) is 9.60. The predicted molar refractivity (Wildman–Crippen MR) is 101 cm³/mol. The maximum absolute atomic E-state index is 12.4. The van der Waals surface area contributed by atoms with Crippen LogP contribution in [0.2, 0.25) is 0 Å². The summed E-state index contributed by atoms with van der Waals surface area (Å²) in [5.74, 6) is 0.719. The Balaban J connectivity index is 1.64. The van der Waals surface area contributed by atoms with Gasteiger partial charge in [0.25, 0.3) is 0 Å². The number of aryl methyl sites for hydroxylation is 2. The van der Waals surface area contributed by atoms with E-state index in [2.05, 4.69) is 10.5 Å². The molecule has 0 spiro atoms. The third kappa shape index (κ3) is 4.57. The minimum Gasteiger partial charge on any atom is -0.383 e. The van der Waals surface area contributed by atoms with Crippen LogP contribution in [-0.2, 0) is 21.6 Å². The highest BCUT2D eigenvalue weighted by molar-refractivity contribution is 5.76. The van der Waals surface area contributed by atoms with Crippen molar-refractivity contribution in [3.63, 3.8) is 0 Å². The van der Waals surface area contributed by atoms with Crippen molar-refractivity contribution >= 4 is 5.91 Å². The summed E-state index contributed by atoms with van der Waals surface area (Å²) in [4.78, 5) is 12.4. The molecule has 2 heterocycles. The van der Waals surface area contributed by atoms with Crippen LogP contribution in [0.1, 0.15) is 41.8 Å². The van der Waals surface area contributed by atoms with Gasteiger partial charge in [-0.3, -0.25) is 4.79 Å². The van der Waals surface area contributed by atoms with Crippen molar-refractivity contribution in [3.8, 4) is 0 Å². The molecule has 1 saturated heterocycles. The summed E-state index contributed by atoms with van der Waals surface area (Å²) < 4.78 is 10.6. The van der Waals surface area contributed by atoms with E-state index in [1.807, 2.05) is 44.2 Å². The number of amides is 1. The third-order valence-electron chi connectivity index (χ3n) is 5.51. The van der Waals surface area contributed by atoms with Gasteiger partial charge in [-0.2, -0.15) is 0 Å². The second-order valence-corrected chi connectivity index (χ2v) is 7.26. The minimum atomic E-state index is -1.09. The highest BCUT2D eigenvalue weighted by Crippen LogP contribution is 2.35. The maximum atomic E-state index is 12.4. The van der Waals surface area contributed by atoms with Gasteiger partial charge in [0, 0.05) is 25.2 Å². The monoisotopic (exact) mass is 372 g/mol. The first kappa shape index (κ1) is 19.6. The summed E-state index contributed by atoms with van der Waals surface area (Å²) in [6.07, 6.45) is 2.47. The molecule has 1 fully saturated rings. The van der Waals surface area contributed by atoms with Crippen LogP contribution in [0.5, 0.6) is 0 Å². The van der Waals surface area contributed by atoms with Gasteiger partial charge in [0.05, 0.1) is 12.2 Å². The summed E-state index contributed by atoms with van der Waals surface area (Å²) >= 11 is 0. The van der Waals surface area contributed by atoms with Gasteiger partial charge in [-0.1, -0.05) is 35.5 Å². The number of nitrogens with one attached hydrogen (secondary N) is 1. The van der Waals surface area contributed by atoms with Crippen LogP contribution in [-0.4, -0.2) is 35.9 Å². The van der Waals surface area contributed by atoms with Crippen molar-refractivity contribution in [2.75, 3.05) is 19.8 Å². The van der Waals surface area contributed by atoms with E-state index in [4.69, 9.17) is 9.26 Å². The lowest BCUT2D eigenvalue weighted by molar-refractivity contribution is -0.124. The smallest absolute Gasteiger partial charge is 0.220 e. The Morgan fingerprint density at radius 1 is 1.26 bits per heavy atom. The van der Waals surface area contributed by atoms with Gasteiger partial charge in [0.1, 0.15) is 11.4 Å². The lowest BCUT2D eigenvalue weighted by Gasteiger charge is -2.39. The molecule has 3 rings (SSSR count). The van der Waals surface area contributed by atoms with Gasteiger partial charge < -0.3 is 19.7 Å². The van der Waals surface area contributed by atoms with E-state index in [1.165, 1.54) is 0 Å². The Bertz CT molecular complexity index is 733. The molecule has 1 aromatic carbocycles. The zero-order valence-electron chi connectivity index (χ0n) is 16.0. The topological polar surface area (TPSA) is 84.6 Å². The first-order chi connectivity index (χ1) is 13.0. The molecule has 0 saturated carbocycles. The van der Waals surface area contributed by atoms with E-state index in [9.17, 15) is 9.90 Å². The molecule has 0 radical (unpaired) electrons. The number of carbonyl (C=O) groups excluding carboxylic acids is 1. The molecule has 1 aromatic heterocycles. The molecule has 1 amide bonds. The first-order valence-electron chi connectivity index (χ1n) is 9.55. The third-order valence-corrected chi connectivity index (χ3v) is 5.51. The highest BCUT2D eigenvalue weighted by atomic mass is 16.5. The van der Waals surface area contributed by atoms with Crippen LogP contribution in [0.3, 0.4) is 0 Å². The van der Waals surface area contributed by atoms with Crippen LogP contribution >= 0.6 is 0 Å². The second kappa shape index (κ2) is 8.67. The number of hydrogen-bond acceptors (Lipinski definition) is 5. The Morgan fingerprint density at radius 3 is 2.59 bits per heavy atom. The zero-order chi connectivity index (χ0) is 19.3. The Morgan fingerprint density at radius 2 is 1.96 bits per heavy atom. The van der Waals surface area contributed by atoms with Gasteiger partial charge in [0.15, 0.2) is 0 Å². The molecular weight excluding hydrogens is 344 g/mol. The molecule has 1 aliphatic rings. The van der Waals surface area contributed by atoms with Crippen molar-refractivity contribution in [1.29, 1.82) is 0 Å². The molecule has 0 bridgehead atoms. The molecule has 1 atom stereocenters. The minimum absolute atomic E-state index is 0.0523. The van der Waals surface area contributed by atoms with Gasteiger partial charge in [-0.25, -0.2) is 0 Å². The Hall–Kier alpha value is -2.18. The van der Waals surface area contributed by atoms with Crippen LogP contribution in [0, 0.1) is 19.8 Å². The Labute approximate surface area is 159 Å². The van der Waals surface area contributed by atoms with Crippen LogP contribution in [0.25, 0.3) is 0 Å². The number of nitrogens with zero attached hydrogens (tertiary/aromatic N) is 1. The number of aromatic nitrogens is 1. The van der Waals surface area contributed by atoms with Crippen molar-refractivity contribution in [2.24, 2.45) is 5.92 Å². The molecule has 6 nitrogen and oxygen atoms in total. The maximum Gasteiger partial charge on any atom is 0.220 e. The van der Waals surface area contributed by atoms with E-state index in [0.29, 0.717) is 26.1 Å². The molecule has 146 valence electrons. The molecule has 1 aliphatic heterocycles. The fraction of sp³-hybridized carbons (Fsp3) is 0.524.